The van der Waals surface area contributed by atoms with Crippen LogP contribution < -0.4 is 11.1 Å². The molecule has 0 bridgehead atoms. The van der Waals surface area contributed by atoms with Crippen LogP contribution in [-0.4, -0.2) is 16.9 Å². The number of nitro benzene ring substituents is 1. The van der Waals surface area contributed by atoms with Crippen molar-refractivity contribution in [2.24, 2.45) is 5.73 Å². The quantitative estimate of drug-likeness (QED) is 0.642. The molecule has 1 atom stereocenters. The first-order valence-corrected chi connectivity index (χ1v) is 6.25. The van der Waals surface area contributed by atoms with Crippen molar-refractivity contribution in [3.05, 3.63) is 32.8 Å². The number of anilines is 1. The second-order valence-corrected chi connectivity index (χ2v) is 4.67. The van der Waals surface area contributed by atoms with Crippen molar-refractivity contribution in [1.29, 1.82) is 0 Å². The number of halogens is 1. The molecule has 19 heavy (non-hydrogen) atoms. The smallest absolute Gasteiger partial charge is 0.288 e. The van der Waals surface area contributed by atoms with Gasteiger partial charge in [-0.25, -0.2) is 0 Å². The summed E-state index contributed by atoms with van der Waals surface area (Å²) >= 11 is 5.80. The largest absolute Gasteiger partial charge is 0.324 e. The molecule has 1 amide bonds. The van der Waals surface area contributed by atoms with Gasteiger partial charge in [0.2, 0.25) is 5.91 Å². The summed E-state index contributed by atoms with van der Waals surface area (Å²) in [5.41, 5.74) is 6.50. The molecule has 3 N–H and O–H groups in total. The number of nitrogens with two attached hydrogens (primary N) is 1. The molecule has 0 radical (unpaired) electrons. The lowest BCUT2D eigenvalue weighted by molar-refractivity contribution is -0.384. The molecular weight excluding hydrogens is 270 g/mol. The van der Waals surface area contributed by atoms with Gasteiger partial charge in [-0.15, -0.1) is 0 Å². The molecule has 104 valence electrons. The second kappa shape index (κ2) is 6.49. The van der Waals surface area contributed by atoms with Gasteiger partial charge in [0, 0.05) is 11.8 Å². The lowest BCUT2D eigenvalue weighted by Crippen LogP contribution is -2.35. The molecule has 0 aromatic heterocycles. The summed E-state index contributed by atoms with van der Waals surface area (Å²) in [5.74, 6) is -0.324. The van der Waals surface area contributed by atoms with Crippen LogP contribution in [0.2, 0.25) is 5.02 Å². The topological polar surface area (TPSA) is 98.3 Å². The first-order chi connectivity index (χ1) is 8.86. The molecule has 7 heteroatoms. The number of hydrogen-bond donors (Lipinski definition) is 2. The van der Waals surface area contributed by atoms with Gasteiger partial charge in [0.1, 0.15) is 5.02 Å². The van der Waals surface area contributed by atoms with Gasteiger partial charge in [-0.1, -0.05) is 24.9 Å². The Morgan fingerprint density at radius 3 is 2.74 bits per heavy atom. The number of nitrogens with one attached hydrogen (secondary N) is 1. The molecule has 0 fully saturated rings. The number of hydrogen-bond acceptors (Lipinski definition) is 4. The standard InChI is InChI=1S/C12H16ClN3O3/c1-3-4-9(14)12(17)15-10-6-8(13)11(16(18)19)5-7(10)2/h5-6,9H,3-4,14H2,1-2H3,(H,15,17). The molecule has 0 heterocycles. The monoisotopic (exact) mass is 285 g/mol. The maximum absolute atomic E-state index is 11.8. The third-order valence-electron chi connectivity index (χ3n) is 2.68. The van der Waals surface area contributed by atoms with Crippen LogP contribution >= 0.6 is 11.6 Å². The Bertz CT molecular complexity index is 505. The highest BCUT2D eigenvalue weighted by atomic mass is 35.5. The minimum atomic E-state index is -0.599. The molecule has 0 saturated heterocycles. The molecule has 0 aliphatic rings. The Kier molecular flexibility index (Phi) is 5.26. The summed E-state index contributed by atoms with van der Waals surface area (Å²) in [7, 11) is 0. The van der Waals surface area contributed by atoms with E-state index in [1.54, 1.807) is 6.92 Å². The number of nitro groups is 1. The molecule has 1 rings (SSSR count). The van der Waals surface area contributed by atoms with E-state index >= 15 is 0 Å². The first-order valence-electron chi connectivity index (χ1n) is 5.87. The van der Waals surface area contributed by atoms with Gasteiger partial charge in [-0.05, 0) is 25.0 Å². The highest BCUT2D eigenvalue weighted by molar-refractivity contribution is 6.33. The van der Waals surface area contributed by atoms with Crippen molar-refractivity contribution < 1.29 is 9.72 Å². The van der Waals surface area contributed by atoms with Gasteiger partial charge in [-0.2, -0.15) is 0 Å². The summed E-state index contributed by atoms with van der Waals surface area (Å²) in [6.07, 6.45) is 1.38. The Hall–Kier alpha value is -1.66. The van der Waals surface area contributed by atoms with Crippen LogP contribution in [0, 0.1) is 17.0 Å². The maximum Gasteiger partial charge on any atom is 0.288 e. The van der Waals surface area contributed by atoms with E-state index in [1.165, 1.54) is 12.1 Å². The van der Waals surface area contributed by atoms with E-state index in [0.717, 1.165) is 6.42 Å². The molecule has 1 unspecified atom stereocenters. The van der Waals surface area contributed by atoms with E-state index in [1.807, 2.05) is 6.92 Å². The average molecular weight is 286 g/mol. The van der Waals surface area contributed by atoms with E-state index < -0.39 is 11.0 Å². The van der Waals surface area contributed by atoms with E-state index in [4.69, 9.17) is 17.3 Å². The summed E-state index contributed by atoms with van der Waals surface area (Å²) in [4.78, 5) is 21.9. The van der Waals surface area contributed by atoms with Gasteiger partial charge >= 0.3 is 0 Å². The molecule has 0 spiro atoms. The zero-order chi connectivity index (χ0) is 14.6. The van der Waals surface area contributed by atoms with E-state index in [2.05, 4.69) is 5.32 Å². The molecule has 0 aliphatic heterocycles. The minimum absolute atomic E-state index is 0.0186. The number of carbonyl (C=O) groups excluding carboxylic acids is 1. The summed E-state index contributed by atoms with van der Waals surface area (Å²) in [6.45, 7) is 3.59. The Labute approximate surface area is 116 Å². The number of carbonyl (C=O) groups is 1. The van der Waals surface area contributed by atoms with Crippen LogP contribution in [0.15, 0.2) is 12.1 Å². The maximum atomic E-state index is 11.8. The molecule has 1 aromatic carbocycles. The van der Waals surface area contributed by atoms with E-state index in [0.29, 0.717) is 17.7 Å². The molecule has 1 aromatic rings. The fourth-order valence-corrected chi connectivity index (χ4v) is 1.84. The predicted molar refractivity (Wildman–Crippen MR) is 74.4 cm³/mol. The molecule has 0 aliphatic carbocycles. The normalized spacial score (nSPS) is 12.0. The van der Waals surface area contributed by atoms with Gasteiger partial charge in [0.05, 0.1) is 11.0 Å². The van der Waals surface area contributed by atoms with Gasteiger partial charge in [-0.3, -0.25) is 14.9 Å². The van der Waals surface area contributed by atoms with Crippen molar-refractivity contribution in [2.45, 2.75) is 32.7 Å². The van der Waals surface area contributed by atoms with Crippen molar-refractivity contribution in [2.75, 3.05) is 5.32 Å². The van der Waals surface area contributed by atoms with Gasteiger partial charge in [0.25, 0.3) is 5.69 Å². The van der Waals surface area contributed by atoms with Crippen molar-refractivity contribution in [1.82, 2.24) is 0 Å². The zero-order valence-corrected chi connectivity index (χ0v) is 11.5. The second-order valence-electron chi connectivity index (χ2n) is 4.26. The van der Waals surface area contributed by atoms with Gasteiger partial charge in [0.15, 0.2) is 0 Å². The first kappa shape index (κ1) is 15.4. The summed E-state index contributed by atoms with van der Waals surface area (Å²) < 4.78 is 0. The van der Waals surface area contributed by atoms with Crippen molar-refractivity contribution in [3.8, 4) is 0 Å². The van der Waals surface area contributed by atoms with Crippen LogP contribution in [-0.2, 0) is 4.79 Å². The summed E-state index contributed by atoms with van der Waals surface area (Å²) in [5, 5.41) is 13.3. The van der Waals surface area contributed by atoms with E-state index in [9.17, 15) is 14.9 Å². The van der Waals surface area contributed by atoms with Crippen LogP contribution in [0.5, 0.6) is 0 Å². The SMILES string of the molecule is CCCC(N)C(=O)Nc1cc(Cl)c([N+](=O)[O-])cc1C. The third-order valence-corrected chi connectivity index (χ3v) is 2.99. The Morgan fingerprint density at radius 1 is 1.58 bits per heavy atom. The van der Waals surface area contributed by atoms with Crippen molar-refractivity contribution in [3.63, 3.8) is 0 Å². The summed E-state index contributed by atoms with van der Waals surface area (Å²) in [6, 6.07) is 2.09. The zero-order valence-electron chi connectivity index (χ0n) is 10.8. The molecular formula is C12H16ClN3O3. The fourth-order valence-electron chi connectivity index (χ4n) is 1.61. The van der Waals surface area contributed by atoms with Crippen LogP contribution in [0.25, 0.3) is 0 Å². The number of benzene rings is 1. The number of amides is 1. The Balaban J connectivity index is 2.94. The fraction of sp³-hybridized carbons (Fsp3) is 0.417. The predicted octanol–water partition coefficient (Wildman–Crippen LogP) is 2.62. The van der Waals surface area contributed by atoms with Crippen LogP contribution in [0.4, 0.5) is 11.4 Å². The molecule has 0 saturated carbocycles. The third kappa shape index (κ3) is 3.90. The highest BCUT2D eigenvalue weighted by Crippen LogP contribution is 2.30. The number of aryl methyl sites for hydroxylation is 1. The number of nitrogens with zero attached hydrogens (tertiary/aromatic N) is 1. The Morgan fingerprint density at radius 2 is 2.21 bits per heavy atom. The van der Waals surface area contributed by atoms with Gasteiger partial charge < -0.3 is 11.1 Å². The van der Waals surface area contributed by atoms with Crippen molar-refractivity contribution >= 4 is 28.9 Å². The van der Waals surface area contributed by atoms with E-state index in [-0.39, 0.29) is 16.6 Å². The highest BCUT2D eigenvalue weighted by Gasteiger charge is 2.18. The number of rotatable bonds is 5. The average Bonchev–Trinajstić information content (AvgIpc) is 2.33. The lowest BCUT2D eigenvalue weighted by Gasteiger charge is -2.13. The van der Waals surface area contributed by atoms with Crippen LogP contribution in [0.3, 0.4) is 0 Å². The lowest BCUT2D eigenvalue weighted by atomic mass is 10.1. The van der Waals surface area contributed by atoms with Crippen LogP contribution in [0.1, 0.15) is 25.3 Å². The minimum Gasteiger partial charge on any atom is -0.324 e. The molecule has 6 nitrogen and oxygen atoms in total.